The molecule has 0 spiro atoms. The first kappa shape index (κ1) is 14.1. The molecule has 0 aliphatic rings. The molecule has 19 heavy (non-hydrogen) atoms. The summed E-state index contributed by atoms with van der Waals surface area (Å²) in [5.74, 6) is -0.0637. The van der Waals surface area contributed by atoms with Crippen LogP contribution in [0, 0.1) is 0 Å². The second kappa shape index (κ2) is 6.21. The minimum Gasteiger partial charge on any atom is -0.378 e. The van der Waals surface area contributed by atoms with Gasteiger partial charge in [-0.1, -0.05) is 6.07 Å². The highest BCUT2D eigenvalue weighted by atomic mass is 79.9. The fourth-order valence-electron chi connectivity index (χ4n) is 1.82. The van der Waals surface area contributed by atoms with Gasteiger partial charge in [0.05, 0.1) is 6.04 Å². The fourth-order valence-corrected chi connectivity index (χ4v) is 3.55. The van der Waals surface area contributed by atoms with E-state index in [1.165, 1.54) is 11.8 Å². The summed E-state index contributed by atoms with van der Waals surface area (Å²) in [6, 6.07) is 9.97. The molecule has 3 nitrogen and oxygen atoms in total. The minimum absolute atomic E-state index is 0.0637. The Morgan fingerprint density at radius 3 is 2.68 bits per heavy atom. The number of carbonyl (C=O) groups is 1. The van der Waals surface area contributed by atoms with Crippen molar-refractivity contribution in [3.8, 4) is 0 Å². The second-order valence-electron chi connectivity index (χ2n) is 4.26. The van der Waals surface area contributed by atoms with E-state index in [-0.39, 0.29) is 11.9 Å². The highest BCUT2D eigenvalue weighted by Crippen LogP contribution is 2.31. The molecule has 1 aromatic carbocycles. The number of hydrogen-bond acceptors (Lipinski definition) is 3. The molecule has 1 heterocycles. The summed E-state index contributed by atoms with van der Waals surface area (Å²) in [6.07, 6.45) is 0. The monoisotopic (exact) mass is 338 g/mol. The molecule has 0 aliphatic heterocycles. The van der Waals surface area contributed by atoms with Crippen LogP contribution in [-0.2, 0) is 4.79 Å². The molecular formula is C14H15BrN2OS. The van der Waals surface area contributed by atoms with Gasteiger partial charge in [-0.25, -0.2) is 0 Å². The first-order chi connectivity index (χ1) is 9.06. The number of halogens is 1. The van der Waals surface area contributed by atoms with E-state index in [9.17, 15) is 4.79 Å². The van der Waals surface area contributed by atoms with Gasteiger partial charge in [-0.3, -0.25) is 4.79 Å². The van der Waals surface area contributed by atoms with E-state index in [0.29, 0.717) is 0 Å². The van der Waals surface area contributed by atoms with Crippen molar-refractivity contribution in [1.29, 1.82) is 0 Å². The van der Waals surface area contributed by atoms with E-state index in [4.69, 9.17) is 0 Å². The van der Waals surface area contributed by atoms with Crippen molar-refractivity contribution in [3.63, 3.8) is 0 Å². The first-order valence-corrected chi connectivity index (χ1v) is 7.60. The Labute approximate surface area is 125 Å². The summed E-state index contributed by atoms with van der Waals surface area (Å²) in [6.45, 7) is 3.62. The smallest absolute Gasteiger partial charge is 0.221 e. The maximum absolute atomic E-state index is 11.0. The van der Waals surface area contributed by atoms with Crippen LogP contribution in [0.25, 0.3) is 0 Å². The van der Waals surface area contributed by atoms with Crippen LogP contribution in [0.15, 0.2) is 40.2 Å². The Morgan fingerprint density at radius 1 is 1.32 bits per heavy atom. The molecule has 0 aliphatic carbocycles. The van der Waals surface area contributed by atoms with Crippen molar-refractivity contribution >= 4 is 44.5 Å². The zero-order valence-corrected chi connectivity index (χ0v) is 13.1. The average Bonchev–Trinajstić information content (AvgIpc) is 2.75. The SMILES string of the molecule is CC(=O)Nc1cccc(NC(C)c2sccc2Br)c1. The molecule has 5 heteroatoms. The largest absolute Gasteiger partial charge is 0.378 e. The lowest BCUT2D eigenvalue weighted by Gasteiger charge is -2.15. The van der Waals surface area contributed by atoms with Gasteiger partial charge in [0.25, 0.3) is 0 Å². The number of benzene rings is 1. The van der Waals surface area contributed by atoms with E-state index >= 15 is 0 Å². The molecule has 0 fully saturated rings. The van der Waals surface area contributed by atoms with Gasteiger partial charge in [-0.2, -0.15) is 0 Å². The molecule has 0 saturated heterocycles. The summed E-state index contributed by atoms with van der Waals surface area (Å²) < 4.78 is 1.12. The molecule has 1 unspecified atom stereocenters. The third-order valence-electron chi connectivity index (χ3n) is 2.60. The molecule has 2 aromatic rings. The van der Waals surface area contributed by atoms with E-state index in [1.807, 2.05) is 30.3 Å². The number of hydrogen-bond donors (Lipinski definition) is 2. The number of carbonyl (C=O) groups excluding carboxylic acids is 1. The molecule has 1 atom stereocenters. The van der Waals surface area contributed by atoms with Crippen molar-refractivity contribution in [1.82, 2.24) is 0 Å². The number of rotatable bonds is 4. The van der Waals surface area contributed by atoms with Crippen LogP contribution in [0.1, 0.15) is 24.8 Å². The van der Waals surface area contributed by atoms with Gasteiger partial charge in [0.2, 0.25) is 5.91 Å². The number of amides is 1. The van der Waals surface area contributed by atoms with Gasteiger partial charge >= 0.3 is 0 Å². The van der Waals surface area contributed by atoms with Gasteiger partial charge in [-0.15, -0.1) is 11.3 Å². The van der Waals surface area contributed by atoms with Crippen LogP contribution in [-0.4, -0.2) is 5.91 Å². The lowest BCUT2D eigenvalue weighted by Crippen LogP contribution is -2.08. The Bertz CT molecular complexity index is 582. The van der Waals surface area contributed by atoms with Gasteiger partial charge < -0.3 is 10.6 Å². The summed E-state index contributed by atoms with van der Waals surface area (Å²) in [5.41, 5.74) is 1.79. The van der Waals surface area contributed by atoms with Crippen molar-refractivity contribution in [2.45, 2.75) is 19.9 Å². The van der Waals surface area contributed by atoms with E-state index in [1.54, 1.807) is 11.3 Å². The van der Waals surface area contributed by atoms with Gasteiger partial charge in [0, 0.05) is 27.6 Å². The molecule has 100 valence electrons. The zero-order valence-electron chi connectivity index (χ0n) is 10.7. The molecule has 2 rings (SSSR count). The van der Waals surface area contributed by atoms with Crippen LogP contribution >= 0.6 is 27.3 Å². The van der Waals surface area contributed by atoms with Crippen molar-refractivity contribution < 1.29 is 4.79 Å². The average molecular weight is 339 g/mol. The summed E-state index contributed by atoms with van der Waals surface area (Å²) >= 11 is 5.25. The first-order valence-electron chi connectivity index (χ1n) is 5.93. The molecular weight excluding hydrogens is 324 g/mol. The van der Waals surface area contributed by atoms with Crippen LogP contribution in [0.4, 0.5) is 11.4 Å². The summed E-state index contributed by atoms with van der Waals surface area (Å²) in [4.78, 5) is 12.3. The van der Waals surface area contributed by atoms with Crippen LogP contribution in [0.3, 0.4) is 0 Å². The molecule has 0 saturated carbocycles. The minimum atomic E-state index is -0.0637. The Hall–Kier alpha value is -1.33. The van der Waals surface area contributed by atoms with Gasteiger partial charge in [0.15, 0.2) is 0 Å². The summed E-state index contributed by atoms with van der Waals surface area (Å²) in [5, 5.41) is 8.27. The van der Waals surface area contributed by atoms with Crippen LogP contribution in [0.5, 0.6) is 0 Å². The molecule has 0 radical (unpaired) electrons. The zero-order chi connectivity index (χ0) is 13.8. The molecule has 0 bridgehead atoms. The Morgan fingerprint density at radius 2 is 2.05 bits per heavy atom. The second-order valence-corrected chi connectivity index (χ2v) is 6.06. The molecule has 2 N–H and O–H groups in total. The van der Waals surface area contributed by atoms with E-state index in [0.717, 1.165) is 15.8 Å². The molecule has 1 amide bonds. The maximum Gasteiger partial charge on any atom is 0.221 e. The van der Waals surface area contributed by atoms with Crippen molar-refractivity contribution in [2.75, 3.05) is 10.6 Å². The van der Waals surface area contributed by atoms with Crippen LogP contribution in [0.2, 0.25) is 0 Å². The standard InChI is InChI=1S/C14H15BrN2OS/c1-9(14-13(15)6-7-19-14)16-11-4-3-5-12(8-11)17-10(2)18/h3-9,16H,1-2H3,(H,17,18). The van der Waals surface area contributed by atoms with E-state index in [2.05, 4.69) is 38.9 Å². The lowest BCUT2D eigenvalue weighted by atomic mass is 10.2. The van der Waals surface area contributed by atoms with Crippen LogP contribution < -0.4 is 10.6 Å². The highest BCUT2D eigenvalue weighted by Gasteiger charge is 2.10. The predicted octanol–water partition coefficient (Wildman–Crippen LogP) is 4.64. The quantitative estimate of drug-likeness (QED) is 0.852. The van der Waals surface area contributed by atoms with E-state index < -0.39 is 0 Å². The predicted molar refractivity (Wildman–Crippen MR) is 84.8 cm³/mol. The lowest BCUT2D eigenvalue weighted by molar-refractivity contribution is -0.114. The number of anilines is 2. The topological polar surface area (TPSA) is 41.1 Å². The fraction of sp³-hybridized carbons (Fsp3) is 0.214. The number of thiophene rings is 1. The summed E-state index contributed by atoms with van der Waals surface area (Å²) in [7, 11) is 0. The highest BCUT2D eigenvalue weighted by molar-refractivity contribution is 9.10. The van der Waals surface area contributed by atoms with Gasteiger partial charge in [0.1, 0.15) is 0 Å². The Kier molecular flexibility index (Phi) is 4.61. The number of nitrogens with one attached hydrogen (secondary N) is 2. The van der Waals surface area contributed by atoms with Crippen molar-refractivity contribution in [2.24, 2.45) is 0 Å². The normalized spacial score (nSPS) is 11.9. The third kappa shape index (κ3) is 3.81. The van der Waals surface area contributed by atoms with Crippen molar-refractivity contribution in [3.05, 3.63) is 45.1 Å². The van der Waals surface area contributed by atoms with Gasteiger partial charge in [-0.05, 0) is 52.5 Å². The third-order valence-corrected chi connectivity index (χ3v) is 4.66. The maximum atomic E-state index is 11.0. The molecule has 1 aromatic heterocycles. The Balaban J connectivity index is 2.11.